The van der Waals surface area contributed by atoms with Gasteiger partial charge < -0.3 is 14.8 Å². The fraction of sp³-hybridized carbons (Fsp3) is 0.238. The molecule has 5 nitrogen and oxygen atoms in total. The summed E-state index contributed by atoms with van der Waals surface area (Å²) >= 11 is 0. The lowest BCUT2D eigenvalue weighted by Crippen LogP contribution is -2.30. The smallest absolute Gasteiger partial charge is 0.337 e. The van der Waals surface area contributed by atoms with Crippen molar-refractivity contribution in [3.8, 4) is 0 Å². The SMILES string of the molecule is CCOC(=O)C1=C(C)NC2=C(C(=O)OC2)C1c1ccc2ccccc2c1. The van der Waals surface area contributed by atoms with Crippen LogP contribution in [0.4, 0.5) is 0 Å². The molecule has 0 saturated heterocycles. The zero-order chi connectivity index (χ0) is 18.3. The molecule has 2 aromatic carbocycles. The van der Waals surface area contributed by atoms with Crippen molar-refractivity contribution in [3.05, 3.63) is 70.6 Å². The van der Waals surface area contributed by atoms with Gasteiger partial charge in [-0.1, -0.05) is 42.5 Å². The summed E-state index contributed by atoms with van der Waals surface area (Å²) in [5.41, 5.74) is 3.24. The summed E-state index contributed by atoms with van der Waals surface area (Å²) in [6.45, 7) is 4.07. The Balaban J connectivity index is 1.89. The molecule has 5 heteroatoms. The van der Waals surface area contributed by atoms with Crippen molar-refractivity contribution in [3.63, 3.8) is 0 Å². The molecular weight excluding hydrogens is 330 g/mol. The van der Waals surface area contributed by atoms with E-state index in [0.29, 0.717) is 16.8 Å². The van der Waals surface area contributed by atoms with Crippen molar-refractivity contribution in [2.24, 2.45) is 0 Å². The van der Waals surface area contributed by atoms with Crippen LogP contribution in [-0.4, -0.2) is 25.2 Å². The number of dihydropyridines is 1. The minimum Gasteiger partial charge on any atom is -0.463 e. The molecule has 2 aliphatic heterocycles. The highest BCUT2D eigenvalue weighted by Gasteiger charge is 2.41. The van der Waals surface area contributed by atoms with Crippen molar-refractivity contribution in [2.45, 2.75) is 19.8 Å². The Hall–Kier alpha value is -3.08. The third kappa shape index (κ3) is 2.56. The highest BCUT2D eigenvalue weighted by Crippen LogP contribution is 2.42. The van der Waals surface area contributed by atoms with Gasteiger partial charge in [0.2, 0.25) is 0 Å². The lowest BCUT2D eigenvalue weighted by molar-refractivity contribution is -0.138. The molecule has 0 radical (unpaired) electrons. The number of fused-ring (bicyclic) bond motifs is 1. The number of cyclic esters (lactones) is 1. The molecule has 0 bridgehead atoms. The Morgan fingerprint density at radius 2 is 2.00 bits per heavy atom. The third-order valence-corrected chi connectivity index (χ3v) is 4.81. The van der Waals surface area contributed by atoms with Crippen LogP contribution in [0, 0.1) is 0 Å². The molecule has 1 unspecified atom stereocenters. The maximum absolute atomic E-state index is 12.7. The summed E-state index contributed by atoms with van der Waals surface area (Å²) in [7, 11) is 0. The van der Waals surface area contributed by atoms with E-state index in [-0.39, 0.29) is 19.2 Å². The van der Waals surface area contributed by atoms with E-state index in [0.717, 1.165) is 22.0 Å². The van der Waals surface area contributed by atoms with Gasteiger partial charge in [-0.05, 0) is 30.2 Å². The molecule has 0 fully saturated rings. The van der Waals surface area contributed by atoms with Crippen molar-refractivity contribution in [2.75, 3.05) is 13.2 Å². The van der Waals surface area contributed by atoms with Gasteiger partial charge in [-0.2, -0.15) is 0 Å². The number of hydrogen-bond donors (Lipinski definition) is 1. The van der Waals surface area contributed by atoms with E-state index in [9.17, 15) is 9.59 Å². The van der Waals surface area contributed by atoms with Crippen LogP contribution in [0.5, 0.6) is 0 Å². The third-order valence-electron chi connectivity index (χ3n) is 4.81. The molecule has 0 aliphatic carbocycles. The number of ether oxygens (including phenoxy) is 2. The Morgan fingerprint density at radius 1 is 1.23 bits per heavy atom. The molecular formula is C21H19NO4. The fourth-order valence-electron chi connectivity index (χ4n) is 3.67. The van der Waals surface area contributed by atoms with Crippen LogP contribution in [-0.2, 0) is 19.1 Å². The van der Waals surface area contributed by atoms with E-state index in [4.69, 9.17) is 9.47 Å². The molecule has 132 valence electrons. The number of carbonyl (C=O) groups is 2. The summed E-state index contributed by atoms with van der Waals surface area (Å²) in [5, 5.41) is 5.30. The van der Waals surface area contributed by atoms with Gasteiger partial charge in [0, 0.05) is 5.70 Å². The molecule has 26 heavy (non-hydrogen) atoms. The van der Waals surface area contributed by atoms with Crippen molar-refractivity contribution in [1.29, 1.82) is 0 Å². The van der Waals surface area contributed by atoms with E-state index in [1.165, 1.54) is 0 Å². The number of nitrogens with one attached hydrogen (secondary N) is 1. The number of hydrogen-bond acceptors (Lipinski definition) is 5. The summed E-state index contributed by atoms with van der Waals surface area (Å²) < 4.78 is 10.5. The average Bonchev–Trinajstić information content (AvgIpc) is 3.00. The minimum absolute atomic E-state index is 0.200. The maximum atomic E-state index is 12.7. The lowest BCUT2D eigenvalue weighted by Gasteiger charge is -2.27. The molecule has 2 aliphatic rings. The predicted octanol–water partition coefficient (Wildman–Crippen LogP) is 3.17. The van der Waals surface area contributed by atoms with E-state index in [1.54, 1.807) is 6.92 Å². The number of esters is 2. The summed E-state index contributed by atoms with van der Waals surface area (Å²) in [5.74, 6) is -1.30. The van der Waals surface area contributed by atoms with Crippen LogP contribution in [0.3, 0.4) is 0 Å². The zero-order valence-electron chi connectivity index (χ0n) is 14.7. The van der Waals surface area contributed by atoms with Gasteiger partial charge in [-0.15, -0.1) is 0 Å². The second-order valence-electron chi connectivity index (χ2n) is 6.39. The maximum Gasteiger partial charge on any atom is 0.337 e. The first-order valence-electron chi connectivity index (χ1n) is 8.64. The van der Waals surface area contributed by atoms with Gasteiger partial charge in [-0.3, -0.25) is 0 Å². The molecule has 2 heterocycles. The molecule has 0 amide bonds. The highest BCUT2D eigenvalue weighted by atomic mass is 16.5. The first-order chi connectivity index (χ1) is 12.6. The van der Waals surface area contributed by atoms with Crippen LogP contribution in [0.1, 0.15) is 25.3 Å². The standard InChI is InChI=1S/C21H19NO4/c1-3-25-20(23)17-12(2)22-16-11-26-21(24)19(16)18(17)15-9-8-13-6-4-5-7-14(13)10-15/h4-10,18,22H,3,11H2,1-2H3. The first-order valence-corrected chi connectivity index (χ1v) is 8.64. The molecule has 0 aromatic heterocycles. The highest BCUT2D eigenvalue weighted by molar-refractivity contribution is 6.01. The lowest BCUT2D eigenvalue weighted by atomic mass is 9.80. The number of rotatable bonds is 3. The second kappa shape index (κ2) is 6.33. The molecule has 4 rings (SSSR count). The Bertz CT molecular complexity index is 986. The average molecular weight is 349 g/mol. The van der Waals surface area contributed by atoms with Gasteiger partial charge >= 0.3 is 11.9 Å². The molecule has 0 saturated carbocycles. The van der Waals surface area contributed by atoms with Gasteiger partial charge in [0.25, 0.3) is 0 Å². The molecule has 0 spiro atoms. The van der Waals surface area contributed by atoms with Crippen LogP contribution < -0.4 is 5.32 Å². The van der Waals surface area contributed by atoms with Crippen LogP contribution in [0.15, 0.2) is 65.0 Å². The van der Waals surface area contributed by atoms with E-state index < -0.39 is 11.9 Å². The van der Waals surface area contributed by atoms with Crippen molar-refractivity contribution >= 4 is 22.7 Å². The Kier molecular flexibility index (Phi) is 3.99. The molecule has 1 N–H and O–H groups in total. The van der Waals surface area contributed by atoms with Crippen molar-refractivity contribution in [1.82, 2.24) is 5.32 Å². The van der Waals surface area contributed by atoms with Gasteiger partial charge in [0.1, 0.15) is 6.61 Å². The van der Waals surface area contributed by atoms with Gasteiger partial charge in [0.05, 0.1) is 29.4 Å². The number of allylic oxidation sites excluding steroid dienone is 1. The largest absolute Gasteiger partial charge is 0.463 e. The Morgan fingerprint density at radius 3 is 2.77 bits per heavy atom. The summed E-state index contributed by atoms with van der Waals surface area (Å²) in [6, 6.07) is 14.0. The van der Waals surface area contributed by atoms with E-state index in [1.807, 2.05) is 49.4 Å². The number of carbonyl (C=O) groups excluding carboxylic acids is 2. The quantitative estimate of drug-likeness (QED) is 0.862. The summed E-state index contributed by atoms with van der Waals surface area (Å²) in [4.78, 5) is 25.1. The summed E-state index contributed by atoms with van der Waals surface area (Å²) in [6.07, 6.45) is 0. The van der Waals surface area contributed by atoms with Gasteiger partial charge in [0.15, 0.2) is 0 Å². The van der Waals surface area contributed by atoms with Crippen LogP contribution in [0.2, 0.25) is 0 Å². The van der Waals surface area contributed by atoms with Crippen molar-refractivity contribution < 1.29 is 19.1 Å². The normalized spacial score (nSPS) is 19.3. The fourth-order valence-corrected chi connectivity index (χ4v) is 3.67. The predicted molar refractivity (Wildman–Crippen MR) is 97.1 cm³/mol. The number of benzene rings is 2. The van der Waals surface area contributed by atoms with Gasteiger partial charge in [-0.25, -0.2) is 9.59 Å². The van der Waals surface area contributed by atoms with E-state index in [2.05, 4.69) is 5.32 Å². The Labute approximate surface area is 151 Å². The topological polar surface area (TPSA) is 64.6 Å². The monoisotopic (exact) mass is 349 g/mol. The van der Waals surface area contributed by atoms with E-state index >= 15 is 0 Å². The minimum atomic E-state index is -0.495. The van der Waals surface area contributed by atoms with Crippen LogP contribution >= 0.6 is 0 Å². The first kappa shape index (κ1) is 16.4. The zero-order valence-corrected chi connectivity index (χ0v) is 14.7. The van der Waals surface area contributed by atoms with Crippen LogP contribution in [0.25, 0.3) is 10.8 Å². The second-order valence-corrected chi connectivity index (χ2v) is 6.39. The molecule has 1 atom stereocenters. The molecule has 2 aromatic rings.